The molecule has 0 aromatic heterocycles. The Labute approximate surface area is 137 Å². The van der Waals surface area contributed by atoms with E-state index in [-0.39, 0.29) is 17.2 Å². The first-order chi connectivity index (χ1) is 11.4. The van der Waals surface area contributed by atoms with Crippen LogP contribution in [-0.4, -0.2) is 23.5 Å². The lowest BCUT2D eigenvalue weighted by molar-refractivity contribution is -0.110. The van der Waals surface area contributed by atoms with Crippen molar-refractivity contribution in [2.45, 2.75) is 31.9 Å². The molecule has 1 aromatic rings. The molecular formula is C18H15F3N2O. The third-order valence-corrected chi connectivity index (χ3v) is 3.89. The molecule has 0 heterocycles. The predicted molar refractivity (Wildman–Crippen MR) is 87.0 cm³/mol. The molecule has 0 saturated carbocycles. The topological polar surface area (TPSA) is 41.8 Å². The maximum Gasteiger partial charge on any atom is 0.451 e. The molecule has 0 atom stereocenters. The second-order valence-electron chi connectivity index (χ2n) is 5.70. The number of benzene rings is 1. The van der Waals surface area contributed by atoms with E-state index in [4.69, 9.17) is 0 Å². The van der Waals surface area contributed by atoms with Gasteiger partial charge in [-0.3, -0.25) is 4.79 Å². The van der Waals surface area contributed by atoms with Gasteiger partial charge < -0.3 is 0 Å². The number of nitrogens with zero attached hydrogens (tertiary/aromatic N) is 2. The number of hydrogen-bond acceptors (Lipinski definition) is 2. The molecule has 0 unspecified atom stereocenters. The van der Waals surface area contributed by atoms with E-state index in [0.717, 1.165) is 31.2 Å². The number of amidine groups is 1. The first-order valence-corrected chi connectivity index (χ1v) is 7.68. The smallest absolute Gasteiger partial charge is 0.290 e. The van der Waals surface area contributed by atoms with Crippen LogP contribution in [0, 0.1) is 0 Å². The van der Waals surface area contributed by atoms with E-state index in [1.54, 1.807) is 12.1 Å². The van der Waals surface area contributed by atoms with E-state index in [2.05, 4.69) is 9.98 Å². The van der Waals surface area contributed by atoms with Crippen LogP contribution in [-0.2, 0) is 17.6 Å². The summed E-state index contributed by atoms with van der Waals surface area (Å²) in [6.07, 6.45) is 4.13. The first-order valence-electron chi connectivity index (χ1n) is 7.68. The van der Waals surface area contributed by atoms with Crippen LogP contribution in [0.2, 0.25) is 0 Å². The van der Waals surface area contributed by atoms with Crippen LogP contribution in [0.3, 0.4) is 0 Å². The van der Waals surface area contributed by atoms with Crippen molar-refractivity contribution in [3.8, 4) is 0 Å². The second kappa shape index (κ2) is 6.55. The summed E-state index contributed by atoms with van der Waals surface area (Å²) in [5, 5.41) is 0. The lowest BCUT2D eigenvalue weighted by atomic mass is 9.91. The lowest BCUT2D eigenvalue weighted by Crippen LogP contribution is -2.22. The summed E-state index contributed by atoms with van der Waals surface area (Å²) in [6.45, 7) is 0. The first kappa shape index (κ1) is 16.4. The van der Waals surface area contributed by atoms with E-state index >= 15 is 0 Å². The Hall–Kier alpha value is -2.50. The number of carbonyl (C=O) groups excluding carboxylic acids is 1. The Morgan fingerprint density at radius 2 is 1.62 bits per heavy atom. The Balaban J connectivity index is 1.96. The minimum atomic E-state index is -4.67. The van der Waals surface area contributed by atoms with Crippen LogP contribution in [0.1, 0.15) is 24.0 Å². The quantitative estimate of drug-likeness (QED) is 0.430. The highest BCUT2D eigenvalue weighted by molar-refractivity contribution is 6.19. The van der Waals surface area contributed by atoms with Gasteiger partial charge >= 0.3 is 6.18 Å². The molecule has 124 valence electrons. The van der Waals surface area contributed by atoms with Crippen LogP contribution >= 0.6 is 0 Å². The maximum absolute atomic E-state index is 13.2. The molecule has 6 heteroatoms. The van der Waals surface area contributed by atoms with Crippen molar-refractivity contribution in [1.29, 1.82) is 0 Å². The standard InChI is InChI=1S/C18H15F3N2O/c19-18(20,21)17(22-14-7-9-16(24)10-8-14)23-15-6-5-12-3-1-2-4-13(12)11-15/h5-11H,1-4H2. The SMILES string of the molecule is O=C1C=CC(=NC(=Nc2ccc3c(c2)CCCC3)C(F)(F)F)C=C1. The van der Waals surface area contributed by atoms with Crippen molar-refractivity contribution in [1.82, 2.24) is 0 Å². The number of aryl methyl sites for hydroxylation is 2. The maximum atomic E-state index is 13.2. The normalized spacial score (nSPS) is 17.9. The third kappa shape index (κ3) is 3.88. The molecule has 3 rings (SSSR count). The Morgan fingerprint density at radius 3 is 2.29 bits per heavy atom. The molecule has 0 bridgehead atoms. The fraction of sp³-hybridized carbons (Fsp3) is 0.278. The lowest BCUT2D eigenvalue weighted by Gasteiger charge is -2.15. The van der Waals surface area contributed by atoms with Gasteiger partial charge in [0.2, 0.25) is 5.84 Å². The minimum absolute atomic E-state index is 0.0450. The average molecular weight is 332 g/mol. The van der Waals surface area contributed by atoms with Crippen LogP contribution in [0.15, 0.2) is 52.5 Å². The Bertz CT molecular complexity index is 768. The summed E-state index contributed by atoms with van der Waals surface area (Å²) >= 11 is 0. The molecule has 0 N–H and O–H groups in total. The van der Waals surface area contributed by atoms with E-state index < -0.39 is 12.0 Å². The Morgan fingerprint density at radius 1 is 0.958 bits per heavy atom. The number of allylic oxidation sites excluding steroid dienone is 4. The van der Waals surface area contributed by atoms with Crippen molar-refractivity contribution in [2.75, 3.05) is 0 Å². The number of hydrogen-bond donors (Lipinski definition) is 0. The van der Waals surface area contributed by atoms with Crippen molar-refractivity contribution >= 4 is 23.0 Å². The van der Waals surface area contributed by atoms with Crippen LogP contribution in [0.25, 0.3) is 0 Å². The van der Waals surface area contributed by atoms with E-state index in [1.807, 2.05) is 6.07 Å². The fourth-order valence-corrected chi connectivity index (χ4v) is 2.71. The number of aliphatic imine (C=N–C) groups is 2. The zero-order valence-electron chi connectivity index (χ0n) is 12.8. The number of alkyl halides is 3. The highest BCUT2D eigenvalue weighted by Crippen LogP contribution is 2.28. The number of fused-ring (bicyclic) bond motifs is 1. The van der Waals surface area contributed by atoms with Gasteiger partial charge in [-0.1, -0.05) is 6.07 Å². The number of ketones is 1. The summed E-state index contributed by atoms with van der Waals surface area (Å²) in [6, 6.07) is 5.14. The molecule has 0 aliphatic heterocycles. The second-order valence-corrected chi connectivity index (χ2v) is 5.70. The molecule has 0 saturated heterocycles. The molecule has 0 fully saturated rings. The molecule has 24 heavy (non-hydrogen) atoms. The Kier molecular flexibility index (Phi) is 4.46. The van der Waals surface area contributed by atoms with Gasteiger partial charge in [0, 0.05) is 0 Å². The van der Waals surface area contributed by atoms with Crippen molar-refractivity contribution in [3.05, 3.63) is 53.6 Å². The zero-order chi connectivity index (χ0) is 17.2. The predicted octanol–water partition coefficient (Wildman–Crippen LogP) is 4.29. The largest absolute Gasteiger partial charge is 0.451 e. The molecule has 1 aromatic carbocycles. The number of halogens is 3. The van der Waals surface area contributed by atoms with E-state index in [1.165, 1.54) is 29.9 Å². The number of rotatable bonds is 1. The summed E-state index contributed by atoms with van der Waals surface area (Å²) in [5.41, 5.74) is 2.52. The summed E-state index contributed by atoms with van der Waals surface area (Å²) in [5.74, 6) is -1.51. The molecule has 2 aliphatic carbocycles. The highest BCUT2D eigenvalue weighted by Gasteiger charge is 2.36. The minimum Gasteiger partial charge on any atom is -0.290 e. The zero-order valence-corrected chi connectivity index (χ0v) is 12.8. The van der Waals surface area contributed by atoms with Crippen LogP contribution < -0.4 is 0 Å². The molecule has 3 nitrogen and oxygen atoms in total. The number of carbonyl (C=O) groups is 1. The average Bonchev–Trinajstić information content (AvgIpc) is 2.55. The molecule has 2 aliphatic rings. The molecule has 0 radical (unpaired) electrons. The fourth-order valence-electron chi connectivity index (χ4n) is 2.71. The summed E-state index contributed by atoms with van der Waals surface area (Å²) < 4.78 is 39.7. The van der Waals surface area contributed by atoms with Gasteiger partial charge in [-0.25, -0.2) is 9.98 Å². The van der Waals surface area contributed by atoms with Crippen molar-refractivity contribution in [3.63, 3.8) is 0 Å². The van der Waals surface area contributed by atoms with Gasteiger partial charge in [0.1, 0.15) is 0 Å². The molecule has 0 amide bonds. The van der Waals surface area contributed by atoms with Crippen molar-refractivity contribution < 1.29 is 18.0 Å². The van der Waals surface area contributed by atoms with Crippen LogP contribution in [0.4, 0.5) is 18.9 Å². The monoisotopic (exact) mass is 332 g/mol. The molecular weight excluding hydrogens is 317 g/mol. The third-order valence-electron chi connectivity index (χ3n) is 3.89. The van der Waals surface area contributed by atoms with Gasteiger partial charge in [-0.05, 0) is 73.2 Å². The summed E-state index contributed by atoms with van der Waals surface area (Å²) in [7, 11) is 0. The van der Waals surface area contributed by atoms with Gasteiger partial charge in [0.15, 0.2) is 5.78 Å². The summed E-state index contributed by atoms with van der Waals surface area (Å²) in [4.78, 5) is 18.3. The highest BCUT2D eigenvalue weighted by atomic mass is 19.4. The van der Waals surface area contributed by atoms with E-state index in [9.17, 15) is 18.0 Å². The van der Waals surface area contributed by atoms with E-state index in [0.29, 0.717) is 0 Å². The van der Waals surface area contributed by atoms with Gasteiger partial charge in [-0.15, -0.1) is 0 Å². The van der Waals surface area contributed by atoms with Crippen LogP contribution in [0.5, 0.6) is 0 Å². The van der Waals surface area contributed by atoms with Gasteiger partial charge in [0.25, 0.3) is 0 Å². The van der Waals surface area contributed by atoms with Gasteiger partial charge in [0.05, 0.1) is 11.4 Å². The van der Waals surface area contributed by atoms with Crippen molar-refractivity contribution in [2.24, 2.45) is 9.98 Å². The molecule has 0 spiro atoms. The van der Waals surface area contributed by atoms with Gasteiger partial charge in [-0.2, -0.15) is 13.2 Å².